The van der Waals surface area contributed by atoms with Crippen molar-refractivity contribution >= 4 is 28.4 Å². The van der Waals surface area contributed by atoms with Gasteiger partial charge >= 0.3 is 17.5 Å². The Bertz CT molecular complexity index is 1120. The van der Waals surface area contributed by atoms with E-state index in [1.165, 1.54) is 16.8 Å². The second-order valence-corrected chi connectivity index (χ2v) is 8.01. The number of fused-ring (bicyclic) bond motifs is 1. The van der Waals surface area contributed by atoms with Gasteiger partial charge in [-0.15, -0.1) is 0 Å². The first kappa shape index (κ1) is 21.2. The van der Waals surface area contributed by atoms with Gasteiger partial charge in [0.25, 0.3) is 0 Å². The number of hydrogen-bond acceptors (Lipinski definition) is 7. The molecule has 4 rings (SSSR count). The molecule has 3 heterocycles. The maximum atomic E-state index is 13.2. The Hall–Kier alpha value is -2.99. The van der Waals surface area contributed by atoms with Crippen molar-refractivity contribution in [2.24, 2.45) is 0 Å². The number of benzene rings is 1. The van der Waals surface area contributed by atoms with Crippen LogP contribution in [0.3, 0.4) is 0 Å². The Kier molecular flexibility index (Phi) is 5.67. The molecular weight excluding hydrogens is 439 g/mol. The molecule has 12 heteroatoms. The minimum absolute atomic E-state index is 0.00551. The van der Waals surface area contributed by atoms with E-state index in [9.17, 15) is 22.5 Å². The molecule has 1 saturated heterocycles. The Morgan fingerprint density at radius 1 is 1.32 bits per heavy atom. The van der Waals surface area contributed by atoms with Crippen molar-refractivity contribution in [1.29, 1.82) is 0 Å². The number of hydrogen-bond donors (Lipinski definition) is 0. The standard InChI is InChI=1S/C19H16F3N3O5S/c1-11-13(23-7-6-15(11)29-10-19(20,21)22)9-31(27)17-24-12-4-2-3-5-14(12)25(17)16-8-28-18(26)30-16/h2-7,16H,8-10H2,1H3/t16?,31-/m1/s1. The molecule has 1 unspecified atom stereocenters. The molecule has 0 radical (unpaired) electrons. The van der Waals surface area contributed by atoms with Crippen LogP contribution in [0.15, 0.2) is 41.7 Å². The summed E-state index contributed by atoms with van der Waals surface area (Å²) in [4.78, 5) is 20.0. The molecule has 1 aromatic carbocycles. The highest BCUT2D eigenvalue weighted by atomic mass is 32.2. The minimum Gasteiger partial charge on any atom is -0.609 e. The lowest BCUT2D eigenvalue weighted by atomic mass is 10.2. The molecule has 1 aliphatic rings. The first-order valence-electron chi connectivity index (χ1n) is 9.06. The number of ether oxygens (including phenoxy) is 3. The van der Waals surface area contributed by atoms with E-state index in [1.807, 2.05) is 0 Å². The number of pyridine rings is 1. The zero-order valence-corrected chi connectivity index (χ0v) is 16.9. The Balaban J connectivity index is 1.64. The van der Waals surface area contributed by atoms with Gasteiger partial charge in [0.15, 0.2) is 19.0 Å². The molecule has 1 aliphatic heterocycles. The van der Waals surface area contributed by atoms with Gasteiger partial charge in [0.2, 0.25) is 6.23 Å². The number of imidazole rings is 1. The van der Waals surface area contributed by atoms with Crippen molar-refractivity contribution in [3.8, 4) is 5.75 Å². The summed E-state index contributed by atoms with van der Waals surface area (Å²) in [6.07, 6.45) is -4.87. The smallest absolute Gasteiger partial charge is 0.510 e. The van der Waals surface area contributed by atoms with Crippen molar-refractivity contribution < 1.29 is 36.7 Å². The highest BCUT2D eigenvalue weighted by Crippen LogP contribution is 2.31. The molecule has 0 amide bonds. The second-order valence-electron chi connectivity index (χ2n) is 6.66. The number of nitrogens with zero attached hydrogens (tertiary/aromatic N) is 3. The molecule has 0 bridgehead atoms. The van der Waals surface area contributed by atoms with Gasteiger partial charge in [-0.25, -0.2) is 9.36 Å². The van der Waals surface area contributed by atoms with Crippen LogP contribution in [0.1, 0.15) is 17.5 Å². The molecule has 164 valence electrons. The quantitative estimate of drug-likeness (QED) is 0.413. The van der Waals surface area contributed by atoms with E-state index in [1.54, 1.807) is 31.2 Å². The average Bonchev–Trinajstić information content (AvgIpc) is 3.31. The number of aromatic nitrogens is 3. The van der Waals surface area contributed by atoms with Crippen LogP contribution in [-0.4, -0.2) is 44.6 Å². The van der Waals surface area contributed by atoms with Crippen LogP contribution in [-0.2, 0) is 26.4 Å². The van der Waals surface area contributed by atoms with E-state index in [0.29, 0.717) is 22.3 Å². The van der Waals surface area contributed by atoms with E-state index >= 15 is 0 Å². The molecule has 8 nitrogen and oxygen atoms in total. The lowest BCUT2D eigenvalue weighted by Crippen LogP contribution is -2.21. The predicted molar refractivity (Wildman–Crippen MR) is 102 cm³/mol. The normalized spacial score (nSPS) is 17.5. The van der Waals surface area contributed by atoms with E-state index in [0.717, 1.165) is 0 Å². The summed E-state index contributed by atoms with van der Waals surface area (Å²) >= 11 is -1.76. The SMILES string of the molecule is Cc1c(OCC(F)(F)F)ccnc1C[S@@+]([O-])c1nc2ccccc2n1C1COC(=O)O1. The van der Waals surface area contributed by atoms with Gasteiger partial charge in [-0.2, -0.15) is 18.2 Å². The summed E-state index contributed by atoms with van der Waals surface area (Å²) in [6, 6.07) is 8.30. The van der Waals surface area contributed by atoms with Crippen LogP contribution in [0.25, 0.3) is 11.0 Å². The van der Waals surface area contributed by atoms with E-state index < -0.39 is 36.3 Å². The predicted octanol–water partition coefficient (Wildman–Crippen LogP) is 3.65. The fourth-order valence-corrected chi connectivity index (χ4v) is 4.42. The average molecular weight is 455 g/mol. The monoisotopic (exact) mass is 455 g/mol. The second kappa shape index (κ2) is 8.27. The van der Waals surface area contributed by atoms with Crippen molar-refractivity contribution in [3.05, 3.63) is 47.8 Å². The van der Waals surface area contributed by atoms with Gasteiger partial charge in [-0.3, -0.25) is 4.98 Å². The fourth-order valence-electron chi connectivity index (χ4n) is 3.12. The Morgan fingerprint density at radius 3 is 2.81 bits per heavy atom. The Morgan fingerprint density at radius 2 is 2.10 bits per heavy atom. The van der Waals surface area contributed by atoms with Crippen molar-refractivity contribution in [1.82, 2.24) is 14.5 Å². The van der Waals surface area contributed by atoms with Crippen molar-refractivity contribution in [3.63, 3.8) is 0 Å². The number of cyclic esters (lactones) is 2. The largest absolute Gasteiger partial charge is 0.609 e. The third kappa shape index (κ3) is 4.54. The van der Waals surface area contributed by atoms with Crippen LogP contribution in [0.4, 0.5) is 18.0 Å². The van der Waals surface area contributed by atoms with Crippen LogP contribution in [0, 0.1) is 6.92 Å². The zero-order valence-electron chi connectivity index (χ0n) is 16.1. The fraction of sp³-hybridized carbons (Fsp3) is 0.316. The maximum absolute atomic E-state index is 13.2. The topological polar surface area (TPSA) is 98.5 Å². The van der Waals surface area contributed by atoms with E-state index in [4.69, 9.17) is 14.2 Å². The van der Waals surface area contributed by atoms with Gasteiger partial charge in [-0.1, -0.05) is 12.1 Å². The number of halogens is 3. The van der Waals surface area contributed by atoms with Crippen LogP contribution in [0.5, 0.6) is 5.75 Å². The molecular formula is C19H16F3N3O5S. The summed E-state index contributed by atoms with van der Waals surface area (Å²) in [7, 11) is 0. The van der Waals surface area contributed by atoms with Gasteiger partial charge in [-0.05, 0) is 25.1 Å². The third-order valence-electron chi connectivity index (χ3n) is 4.55. The molecule has 3 aromatic rings. The number of para-hydroxylation sites is 2. The molecule has 2 atom stereocenters. The molecule has 2 aromatic heterocycles. The Labute approximate surface area is 177 Å². The number of alkyl halides is 3. The maximum Gasteiger partial charge on any atom is 0.510 e. The van der Waals surface area contributed by atoms with Gasteiger partial charge in [0, 0.05) is 22.9 Å². The van der Waals surface area contributed by atoms with Crippen molar-refractivity contribution in [2.45, 2.75) is 30.2 Å². The summed E-state index contributed by atoms with van der Waals surface area (Å²) in [5, 5.41) is 0.132. The third-order valence-corrected chi connectivity index (χ3v) is 5.78. The first-order valence-corrected chi connectivity index (χ1v) is 10.4. The molecule has 0 saturated carbocycles. The lowest BCUT2D eigenvalue weighted by Gasteiger charge is -2.16. The van der Waals surface area contributed by atoms with Crippen LogP contribution < -0.4 is 4.74 Å². The minimum atomic E-state index is -4.48. The van der Waals surface area contributed by atoms with Gasteiger partial charge in [0.05, 0.1) is 16.7 Å². The highest BCUT2D eigenvalue weighted by molar-refractivity contribution is 7.90. The van der Waals surface area contributed by atoms with Crippen molar-refractivity contribution in [2.75, 3.05) is 13.2 Å². The van der Waals surface area contributed by atoms with Gasteiger partial charge in [0.1, 0.15) is 5.75 Å². The highest BCUT2D eigenvalue weighted by Gasteiger charge is 2.35. The van der Waals surface area contributed by atoms with Crippen LogP contribution in [0.2, 0.25) is 0 Å². The molecule has 0 N–H and O–H groups in total. The summed E-state index contributed by atoms with van der Waals surface area (Å²) in [6.45, 7) is 0.0332. The number of rotatable bonds is 6. The molecule has 1 fully saturated rings. The molecule has 31 heavy (non-hydrogen) atoms. The number of carbonyl (C=O) groups excluding carboxylic acids is 1. The first-order chi connectivity index (χ1) is 14.7. The number of carbonyl (C=O) groups is 1. The molecule has 0 spiro atoms. The van der Waals surface area contributed by atoms with Crippen LogP contribution >= 0.6 is 0 Å². The molecule has 0 aliphatic carbocycles. The summed E-state index contributed by atoms with van der Waals surface area (Å²) in [5.74, 6) is -0.120. The zero-order chi connectivity index (χ0) is 22.2. The summed E-state index contributed by atoms with van der Waals surface area (Å²) in [5.41, 5.74) is 1.79. The summed E-state index contributed by atoms with van der Waals surface area (Å²) < 4.78 is 67.0. The van der Waals surface area contributed by atoms with E-state index in [-0.39, 0.29) is 23.3 Å². The lowest BCUT2D eigenvalue weighted by molar-refractivity contribution is -0.153. The van der Waals surface area contributed by atoms with E-state index in [2.05, 4.69) is 9.97 Å². The van der Waals surface area contributed by atoms with Gasteiger partial charge < -0.3 is 18.8 Å².